The number of hydrogen-bond donors (Lipinski definition) is 0. The third-order valence-corrected chi connectivity index (χ3v) is 7.98. The van der Waals surface area contributed by atoms with Gasteiger partial charge in [-0.3, -0.25) is 24.3 Å². The van der Waals surface area contributed by atoms with Gasteiger partial charge in [-0.05, 0) is 76.1 Å². The van der Waals surface area contributed by atoms with Gasteiger partial charge in [0.05, 0.1) is 16.8 Å². The lowest BCUT2D eigenvalue weighted by molar-refractivity contribution is -0.137. The zero-order valence-electron chi connectivity index (χ0n) is 24.6. The van der Waals surface area contributed by atoms with Crippen molar-refractivity contribution < 1.29 is 14.0 Å². The number of carbonyl (C=O) groups excluding carboxylic acids is 2. The standard InChI is InChI=1S/C32H37N5O4/c1-7-37-26-11-10-23(18-27(26)34(6)30(39)32(4,5)31(37)40)19-35(20-24-9-8-13-33-22(24)3)15-16-36-14-12-28-25(29(36)38)17-21(2)41-28/h8-14,17-18H,7,15-16,19-20H2,1-6H3. The highest BCUT2D eigenvalue weighted by atomic mass is 16.3. The second kappa shape index (κ2) is 11.0. The van der Waals surface area contributed by atoms with E-state index >= 15 is 0 Å². The van der Waals surface area contributed by atoms with Gasteiger partial charge >= 0.3 is 0 Å². The van der Waals surface area contributed by atoms with Crippen molar-refractivity contribution in [2.75, 3.05) is 29.9 Å². The van der Waals surface area contributed by atoms with E-state index in [1.165, 1.54) is 0 Å². The summed E-state index contributed by atoms with van der Waals surface area (Å²) in [7, 11) is 1.73. The Bertz CT molecular complexity index is 1690. The molecule has 1 aliphatic heterocycles. The Kier molecular flexibility index (Phi) is 7.57. The van der Waals surface area contributed by atoms with E-state index in [-0.39, 0.29) is 17.4 Å². The van der Waals surface area contributed by atoms with E-state index in [0.29, 0.717) is 55.1 Å². The van der Waals surface area contributed by atoms with Crippen molar-refractivity contribution >= 4 is 34.2 Å². The number of fused-ring (bicyclic) bond motifs is 2. The first-order valence-electron chi connectivity index (χ1n) is 14.0. The third kappa shape index (κ3) is 5.29. The van der Waals surface area contributed by atoms with Gasteiger partial charge in [0.15, 0.2) is 0 Å². The minimum absolute atomic E-state index is 0.0750. The highest BCUT2D eigenvalue weighted by Gasteiger charge is 2.45. The molecule has 0 atom stereocenters. The van der Waals surface area contributed by atoms with Crippen LogP contribution in [0.4, 0.5) is 11.4 Å². The van der Waals surface area contributed by atoms with Crippen molar-refractivity contribution in [2.24, 2.45) is 5.41 Å². The van der Waals surface area contributed by atoms with Crippen LogP contribution in [0.2, 0.25) is 0 Å². The van der Waals surface area contributed by atoms with Crippen LogP contribution in [-0.4, -0.2) is 46.4 Å². The SMILES string of the molecule is CCN1C(=O)C(C)(C)C(=O)N(C)c2cc(CN(CCn3ccc4oc(C)cc4c3=O)Cc3cccnc3C)ccc21. The van der Waals surface area contributed by atoms with E-state index in [0.717, 1.165) is 22.5 Å². The number of hydrogen-bond acceptors (Lipinski definition) is 6. The summed E-state index contributed by atoms with van der Waals surface area (Å²) in [5.41, 5.74) is 3.86. The summed E-state index contributed by atoms with van der Waals surface area (Å²) in [6.45, 7) is 11.9. The number of pyridine rings is 2. The molecule has 0 saturated heterocycles. The van der Waals surface area contributed by atoms with Crippen LogP contribution in [0.15, 0.2) is 64.1 Å². The molecule has 0 spiro atoms. The molecule has 41 heavy (non-hydrogen) atoms. The van der Waals surface area contributed by atoms with Gasteiger partial charge in [-0.2, -0.15) is 0 Å². The first-order chi connectivity index (χ1) is 19.5. The van der Waals surface area contributed by atoms with Gasteiger partial charge in [-0.15, -0.1) is 0 Å². The summed E-state index contributed by atoms with van der Waals surface area (Å²) < 4.78 is 7.34. The van der Waals surface area contributed by atoms with E-state index in [1.807, 2.05) is 51.1 Å². The fraction of sp³-hybridized carbons (Fsp3) is 0.375. The van der Waals surface area contributed by atoms with Crippen LogP contribution >= 0.6 is 0 Å². The van der Waals surface area contributed by atoms with Gasteiger partial charge in [0.1, 0.15) is 16.8 Å². The van der Waals surface area contributed by atoms with E-state index in [9.17, 15) is 14.4 Å². The summed E-state index contributed by atoms with van der Waals surface area (Å²) >= 11 is 0. The van der Waals surface area contributed by atoms with E-state index in [4.69, 9.17) is 4.42 Å². The topological polar surface area (TPSA) is 91.9 Å². The molecule has 5 rings (SSSR count). The molecule has 0 fully saturated rings. The first kappa shape index (κ1) is 28.3. The van der Waals surface area contributed by atoms with Gasteiger partial charge in [0.25, 0.3) is 5.56 Å². The smallest absolute Gasteiger partial charge is 0.261 e. The lowest BCUT2D eigenvalue weighted by atomic mass is 9.90. The van der Waals surface area contributed by atoms with Crippen LogP contribution in [0, 0.1) is 19.3 Å². The minimum Gasteiger partial charge on any atom is -0.461 e. The van der Waals surface area contributed by atoms with Gasteiger partial charge in [0, 0.05) is 57.9 Å². The van der Waals surface area contributed by atoms with E-state index in [2.05, 4.69) is 16.0 Å². The van der Waals surface area contributed by atoms with Crippen molar-refractivity contribution in [1.29, 1.82) is 0 Å². The molecule has 214 valence electrons. The molecule has 3 aromatic heterocycles. The molecule has 1 aromatic carbocycles. The monoisotopic (exact) mass is 555 g/mol. The fourth-order valence-corrected chi connectivity index (χ4v) is 5.57. The molecule has 0 saturated carbocycles. The van der Waals surface area contributed by atoms with E-state index in [1.54, 1.807) is 53.7 Å². The third-order valence-electron chi connectivity index (χ3n) is 7.98. The minimum atomic E-state index is -1.16. The van der Waals surface area contributed by atoms with Crippen LogP contribution in [0.25, 0.3) is 11.0 Å². The number of benzene rings is 1. The lowest BCUT2D eigenvalue weighted by Gasteiger charge is -2.27. The predicted octanol–water partition coefficient (Wildman–Crippen LogP) is 4.66. The number of aryl methyl sites for hydroxylation is 2. The molecule has 9 nitrogen and oxygen atoms in total. The number of aromatic nitrogens is 2. The molecule has 1 aliphatic rings. The largest absolute Gasteiger partial charge is 0.461 e. The Hall–Kier alpha value is -4.24. The normalized spacial score (nSPS) is 15.1. The maximum Gasteiger partial charge on any atom is 0.261 e. The van der Waals surface area contributed by atoms with Crippen LogP contribution in [0.1, 0.15) is 43.4 Å². The van der Waals surface area contributed by atoms with Crippen LogP contribution in [-0.2, 0) is 29.2 Å². The van der Waals surface area contributed by atoms with Gasteiger partial charge in [-0.25, -0.2) is 0 Å². The zero-order chi connectivity index (χ0) is 29.5. The molecule has 9 heteroatoms. The zero-order valence-corrected chi connectivity index (χ0v) is 24.6. The van der Waals surface area contributed by atoms with Crippen molar-refractivity contribution in [1.82, 2.24) is 14.5 Å². The van der Waals surface area contributed by atoms with Crippen molar-refractivity contribution in [2.45, 2.75) is 54.3 Å². The first-order valence-corrected chi connectivity index (χ1v) is 14.0. The fourth-order valence-electron chi connectivity index (χ4n) is 5.57. The number of carbonyl (C=O) groups is 2. The number of anilines is 2. The predicted molar refractivity (Wildman–Crippen MR) is 160 cm³/mol. The highest BCUT2D eigenvalue weighted by molar-refractivity contribution is 6.19. The average Bonchev–Trinajstić information content (AvgIpc) is 3.33. The molecule has 0 bridgehead atoms. The Morgan fingerprint density at radius 3 is 2.49 bits per heavy atom. The van der Waals surface area contributed by atoms with Crippen molar-refractivity contribution in [3.05, 3.63) is 87.8 Å². The Morgan fingerprint density at radius 1 is 0.976 bits per heavy atom. The molecule has 0 radical (unpaired) electrons. The highest BCUT2D eigenvalue weighted by Crippen LogP contribution is 2.39. The molecule has 0 unspecified atom stereocenters. The summed E-state index contributed by atoms with van der Waals surface area (Å²) in [6.07, 6.45) is 3.56. The van der Waals surface area contributed by atoms with E-state index < -0.39 is 5.41 Å². The summed E-state index contributed by atoms with van der Waals surface area (Å²) in [5.74, 6) is 0.276. The molecular formula is C32H37N5O4. The lowest BCUT2D eigenvalue weighted by Crippen LogP contribution is -2.47. The average molecular weight is 556 g/mol. The number of rotatable bonds is 8. The summed E-state index contributed by atoms with van der Waals surface area (Å²) in [5, 5.41) is 0.580. The van der Waals surface area contributed by atoms with Crippen LogP contribution < -0.4 is 15.4 Å². The summed E-state index contributed by atoms with van der Waals surface area (Å²) in [6, 6.07) is 13.6. The van der Waals surface area contributed by atoms with Crippen molar-refractivity contribution in [3.8, 4) is 0 Å². The van der Waals surface area contributed by atoms with Gasteiger partial charge < -0.3 is 18.8 Å². The van der Waals surface area contributed by atoms with Crippen molar-refractivity contribution in [3.63, 3.8) is 0 Å². The number of nitrogens with zero attached hydrogens (tertiary/aromatic N) is 5. The number of furan rings is 1. The second-order valence-corrected chi connectivity index (χ2v) is 11.3. The van der Waals surface area contributed by atoms with Crippen LogP contribution in [0.3, 0.4) is 0 Å². The molecule has 4 heterocycles. The summed E-state index contributed by atoms with van der Waals surface area (Å²) in [4.78, 5) is 49.7. The maximum atomic E-state index is 13.3. The molecule has 2 amide bonds. The molecule has 0 aliphatic carbocycles. The van der Waals surface area contributed by atoms with Crippen LogP contribution in [0.5, 0.6) is 0 Å². The Morgan fingerprint density at radius 2 is 1.76 bits per heavy atom. The molecular weight excluding hydrogens is 518 g/mol. The molecule has 4 aromatic rings. The quantitative estimate of drug-likeness (QED) is 0.294. The maximum absolute atomic E-state index is 13.3. The molecule has 0 N–H and O–H groups in total. The van der Waals surface area contributed by atoms with Gasteiger partial charge in [-0.1, -0.05) is 12.1 Å². The Balaban J connectivity index is 1.46. The number of amides is 2. The second-order valence-electron chi connectivity index (χ2n) is 11.3. The Labute approximate surface area is 240 Å². The van der Waals surface area contributed by atoms with Gasteiger partial charge in [0.2, 0.25) is 11.8 Å².